The lowest BCUT2D eigenvalue weighted by atomic mass is 9.90. The molecule has 1 saturated heterocycles. The van der Waals surface area contributed by atoms with Crippen LogP contribution >= 0.6 is 23.1 Å². The third kappa shape index (κ3) is 4.88. The highest BCUT2D eigenvalue weighted by molar-refractivity contribution is 7.99. The molecule has 2 aromatic rings. The minimum Gasteiger partial charge on any atom is -0.379 e. The summed E-state index contributed by atoms with van der Waals surface area (Å²) >= 11 is 3.48. The Morgan fingerprint density at radius 3 is 2.83 bits per heavy atom. The van der Waals surface area contributed by atoms with Crippen molar-refractivity contribution in [3.05, 3.63) is 10.4 Å². The topological polar surface area (TPSA) is 59.5 Å². The molecule has 0 saturated carbocycles. The second kappa shape index (κ2) is 9.47. The molecule has 1 atom stereocenters. The van der Waals surface area contributed by atoms with Crippen molar-refractivity contribution in [1.29, 1.82) is 0 Å². The fourth-order valence-corrected chi connectivity index (χ4v) is 5.67. The second-order valence-corrected chi connectivity index (χ2v) is 10.3. The number of anilines is 1. The fourth-order valence-electron chi connectivity index (χ4n) is 3.94. The predicted octanol–water partition coefficient (Wildman–Crippen LogP) is 4.18. The summed E-state index contributed by atoms with van der Waals surface area (Å²) in [6.45, 7) is 13.1. The first kappa shape index (κ1) is 21.3. The Balaban J connectivity index is 1.54. The average Bonchev–Trinajstić information content (AvgIpc) is 3.09. The molecule has 2 aliphatic rings. The highest BCUT2D eigenvalue weighted by Crippen LogP contribution is 2.42. The van der Waals surface area contributed by atoms with Crippen LogP contribution in [0.5, 0.6) is 0 Å². The number of rotatable bonds is 8. The zero-order valence-electron chi connectivity index (χ0n) is 17.8. The molecule has 0 spiro atoms. The van der Waals surface area contributed by atoms with Gasteiger partial charge in [-0.3, -0.25) is 4.90 Å². The minimum absolute atomic E-state index is 0.0918. The summed E-state index contributed by atoms with van der Waals surface area (Å²) in [4.78, 5) is 14.7. The first-order chi connectivity index (χ1) is 14.1. The molecular formula is C21H32N4O2S2. The van der Waals surface area contributed by atoms with Crippen molar-refractivity contribution in [2.24, 2.45) is 0 Å². The van der Waals surface area contributed by atoms with Crippen molar-refractivity contribution in [2.45, 2.75) is 57.4 Å². The van der Waals surface area contributed by atoms with Crippen LogP contribution < -0.4 is 5.32 Å². The molecule has 160 valence electrons. The SMILES string of the molecule is CCSc1nc(NCCCN2CCOCC2)c2c3c(sc2n1)COC(C)(CC)C3. The highest BCUT2D eigenvalue weighted by Gasteiger charge is 2.33. The lowest BCUT2D eigenvalue weighted by molar-refractivity contribution is -0.0542. The summed E-state index contributed by atoms with van der Waals surface area (Å²) < 4.78 is 11.6. The summed E-state index contributed by atoms with van der Waals surface area (Å²) in [7, 11) is 0. The van der Waals surface area contributed by atoms with E-state index in [4.69, 9.17) is 19.4 Å². The molecule has 29 heavy (non-hydrogen) atoms. The molecule has 1 N–H and O–H groups in total. The number of hydrogen-bond donors (Lipinski definition) is 1. The van der Waals surface area contributed by atoms with Crippen LogP contribution in [0.25, 0.3) is 10.2 Å². The average molecular weight is 437 g/mol. The minimum atomic E-state index is -0.0918. The van der Waals surface area contributed by atoms with E-state index in [2.05, 4.69) is 31.0 Å². The molecule has 6 nitrogen and oxygen atoms in total. The summed E-state index contributed by atoms with van der Waals surface area (Å²) in [6, 6.07) is 0. The molecule has 2 aliphatic heterocycles. The van der Waals surface area contributed by atoms with Gasteiger partial charge in [0.15, 0.2) is 5.16 Å². The number of aromatic nitrogens is 2. The lowest BCUT2D eigenvalue weighted by Gasteiger charge is -2.33. The Bertz CT molecular complexity index is 838. The van der Waals surface area contributed by atoms with Gasteiger partial charge < -0.3 is 14.8 Å². The Hall–Kier alpha value is -0.930. The molecule has 1 fully saturated rings. The summed E-state index contributed by atoms with van der Waals surface area (Å²) in [5.41, 5.74) is 1.30. The number of hydrogen-bond acceptors (Lipinski definition) is 8. The van der Waals surface area contributed by atoms with Gasteiger partial charge in [0, 0.05) is 30.9 Å². The maximum Gasteiger partial charge on any atom is 0.190 e. The van der Waals surface area contributed by atoms with E-state index in [-0.39, 0.29) is 5.60 Å². The van der Waals surface area contributed by atoms with Crippen LogP contribution in [-0.2, 0) is 22.5 Å². The van der Waals surface area contributed by atoms with E-state index in [1.165, 1.54) is 15.8 Å². The van der Waals surface area contributed by atoms with Crippen LogP contribution in [0.2, 0.25) is 0 Å². The fraction of sp³-hybridized carbons (Fsp3) is 0.714. The van der Waals surface area contributed by atoms with E-state index in [0.29, 0.717) is 6.61 Å². The molecule has 4 rings (SSSR count). The molecular weight excluding hydrogens is 404 g/mol. The molecule has 2 aromatic heterocycles. The van der Waals surface area contributed by atoms with E-state index in [0.717, 1.165) is 80.2 Å². The molecule has 0 aromatic carbocycles. The van der Waals surface area contributed by atoms with Crippen molar-refractivity contribution in [1.82, 2.24) is 14.9 Å². The van der Waals surface area contributed by atoms with Gasteiger partial charge in [0.05, 0.1) is 30.8 Å². The van der Waals surface area contributed by atoms with Gasteiger partial charge in [-0.25, -0.2) is 9.97 Å². The Morgan fingerprint density at radius 2 is 2.07 bits per heavy atom. The standard InChI is InChI=1S/C21H32N4O2S2/c1-4-21(3)13-15-16(14-27-21)29-19-17(15)18(23-20(24-19)28-5-2)22-7-6-8-25-9-11-26-12-10-25/h4-14H2,1-3H3,(H,22,23,24). The van der Waals surface area contributed by atoms with Gasteiger partial charge in [-0.05, 0) is 37.6 Å². The number of ether oxygens (including phenoxy) is 2. The summed E-state index contributed by atoms with van der Waals surface area (Å²) in [5, 5.41) is 5.74. The van der Waals surface area contributed by atoms with E-state index < -0.39 is 0 Å². The van der Waals surface area contributed by atoms with Gasteiger partial charge in [0.1, 0.15) is 10.6 Å². The first-order valence-corrected chi connectivity index (χ1v) is 12.5. The van der Waals surface area contributed by atoms with Gasteiger partial charge in [0.25, 0.3) is 0 Å². The van der Waals surface area contributed by atoms with Crippen LogP contribution in [0.15, 0.2) is 5.16 Å². The first-order valence-electron chi connectivity index (χ1n) is 10.7. The van der Waals surface area contributed by atoms with E-state index in [1.807, 2.05) is 0 Å². The number of nitrogens with one attached hydrogen (secondary N) is 1. The maximum atomic E-state index is 6.17. The third-order valence-corrected chi connectivity index (χ3v) is 7.71. The van der Waals surface area contributed by atoms with Gasteiger partial charge in [-0.2, -0.15) is 0 Å². The van der Waals surface area contributed by atoms with Crippen molar-refractivity contribution < 1.29 is 9.47 Å². The normalized spacial score (nSPS) is 22.7. The molecule has 0 aliphatic carbocycles. The van der Waals surface area contributed by atoms with Gasteiger partial charge >= 0.3 is 0 Å². The summed E-state index contributed by atoms with van der Waals surface area (Å²) in [5.74, 6) is 1.98. The molecule has 4 heterocycles. The Morgan fingerprint density at radius 1 is 1.24 bits per heavy atom. The lowest BCUT2D eigenvalue weighted by Crippen LogP contribution is -2.37. The number of thioether (sulfide) groups is 1. The van der Waals surface area contributed by atoms with Gasteiger partial charge in [0.2, 0.25) is 0 Å². The monoisotopic (exact) mass is 436 g/mol. The smallest absolute Gasteiger partial charge is 0.190 e. The molecule has 0 radical (unpaired) electrons. The van der Waals surface area contributed by atoms with E-state index in [9.17, 15) is 0 Å². The van der Waals surface area contributed by atoms with Crippen molar-refractivity contribution >= 4 is 39.1 Å². The van der Waals surface area contributed by atoms with Crippen molar-refractivity contribution in [3.8, 4) is 0 Å². The summed E-state index contributed by atoms with van der Waals surface area (Å²) in [6.07, 6.45) is 3.05. The maximum absolute atomic E-state index is 6.17. The van der Waals surface area contributed by atoms with Crippen LogP contribution in [0.3, 0.4) is 0 Å². The quantitative estimate of drug-likeness (QED) is 0.378. The highest BCUT2D eigenvalue weighted by atomic mass is 32.2. The Labute approximate surface area is 181 Å². The largest absolute Gasteiger partial charge is 0.379 e. The number of morpholine rings is 1. The molecule has 1 unspecified atom stereocenters. The van der Waals surface area contributed by atoms with Crippen molar-refractivity contribution in [3.63, 3.8) is 0 Å². The van der Waals surface area contributed by atoms with Gasteiger partial charge in [-0.15, -0.1) is 11.3 Å². The van der Waals surface area contributed by atoms with Crippen LogP contribution in [0.1, 0.15) is 44.1 Å². The second-order valence-electron chi connectivity index (χ2n) is 7.97. The Kier molecular flexibility index (Phi) is 6.96. The third-order valence-electron chi connectivity index (χ3n) is 5.88. The number of nitrogens with zero attached hydrogens (tertiary/aromatic N) is 3. The predicted molar refractivity (Wildman–Crippen MR) is 121 cm³/mol. The van der Waals surface area contributed by atoms with E-state index >= 15 is 0 Å². The van der Waals surface area contributed by atoms with Gasteiger partial charge in [-0.1, -0.05) is 25.6 Å². The molecule has 0 amide bonds. The van der Waals surface area contributed by atoms with Crippen molar-refractivity contribution in [2.75, 3.05) is 50.5 Å². The van der Waals surface area contributed by atoms with E-state index in [1.54, 1.807) is 23.1 Å². The number of thiophene rings is 1. The number of fused-ring (bicyclic) bond motifs is 3. The zero-order valence-corrected chi connectivity index (χ0v) is 19.4. The zero-order chi connectivity index (χ0) is 20.3. The molecule has 8 heteroatoms. The van der Waals surface area contributed by atoms with Crippen LogP contribution in [0, 0.1) is 0 Å². The van der Waals surface area contributed by atoms with Crippen LogP contribution in [-0.4, -0.2) is 65.6 Å². The molecule has 0 bridgehead atoms. The van der Waals surface area contributed by atoms with Crippen LogP contribution in [0.4, 0.5) is 5.82 Å².